The van der Waals surface area contributed by atoms with Gasteiger partial charge in [0, 0.05) is 18.4 Å². The minimum atomic E-state index is -0.291. The molecule has 0 bridgehead atoms. The van der Waals surface area contributed by atoms with E-state index in [1.54, 1.807) is 0 Å². The zero-order valence-corrected chi connectivity index (χ0v) is 17.4. The number of anilines is 2. The summed E-state index contributed by atoms with van der Waals surface area (Å²) >= 11 is 1.40. The molecular weight excluding hydrogens is 370 g/mol. The van der Waals surface area contributed by atoms with Crippen LogP contribution in [0.1, 0.15) is 23.9 Å². The molecule has 6 nitrogen and oxygen atoms in total. The third-order valence-electron chi connectivity index (χ3n) is 4.48. The molecule has 28 heavy (non-hydrogen) atoms. The zero-order valence-electron chi connectivity index (χ0n) is 16.6. The summed E-state index contributed by atoms with van der Waals surface area (Å²) in [4.78, 5) is 12.5. The summed E-state index contributed by atoms with van der Waals surface area (Å²) in [5.74, 6) is 0.760. The van der Waals surface area contributed by atoms with E-state index in [9.17, 15) is 4.79 Å². The van der Waals surface area contributed by atoms with Crippen LogP contribution in [0.25, 0.3) is 0 Å². The third kappa shape index (κ3) is 4.92. The lowest BCUT2D eigenvalue weighted by molar-refractivity contribution is -0.115. The minimum Gasteiger partial charge on any atom is -0.378 e. The Bertz CT molecular complexity index is 952. The van der Waals surface area contributed by atoms with E-state index in [0.717, 1.165) is 22.8 Å². The summed E-state index contributed by atoms with van der Waals surface area (Å²) in [5.41, 5.74) is 4.13. The number of rotatable bonds is 7. The van der Waals surface area contributed by atoms with Gasteiger partial charge in [0.2, 0.25) is 5.91 Å². The van der Waals surface area contributed by atoms with Gasteiger partial charge >= 0.3 is 0 Å². The second-order valence-corrected chi connectivity index (χ2v) is 8.05. The van der Waals surface area contributed by atoms with Crippen LogP contribution >= 0.6 is 11.8 Å². The lowest BCUT2D eigenvalue weighted by Gasteiger charge is -2.13. The van der Waals surface area contributed by atoms with E-state index in [2.05, 4.69) is 39.9 Å². The number of carbonyl (C=O) groups is 1. The second kappa shape index (κ2) is 8.93. The first-order valence-corrected chi connectivity index (χ1v) is 10.0. The summed E-state index contributed by atoms with van der Waals surface area (Å²) in [6.45, 7) is 6.48. The summed E-state index contributed by atoms with van der Waals surface area (Å²) < 4.78 is 1.92. The predicted octanol–water partition coefficient (Wildman–Crippen LogP) is 4.16. The number of carbonyl (C=O) groups excluding carboxylic acids is 1. The molecule has 0 aliphatic carbocycles. The largest absolute Gasteiger partial charge is 0.378 e. The molecule has 0 fully saturated rings. The van der Waals surface area contributed by atoms with Gasteiger partial charge in [0.15, 0.2) is 11.0 Å². The summed E-state index contributed by atoms with van der Waals surface area (Å²) in [5, 5.41) is 15.2. The number of amides is 1. The average molecular weight is 396 g/mol. The fourth-order valence-corrected chi connectivity index (χ4v) is 3.45. The average Bonchev–Trinajstić information content (AvgIpc) is 3.03. The number of hydrogen-bond acceptors (Lipinski definition) is 5. The molecule has 0 spiro atoms. The smallest absolute Gasteiger partial charge is 0.237 e. The molecule has 0 saturated heterocycles. The van der Waals surface area contributed by atoms with E-state index in [4.69, 9.17) is 0 Å². The van der Waals surface area contributed by atoms with Crippen molar-refractivity contribution in [2.24, 2.45) is 7.05 Å². The van der Waals surface area contributed by atoms with Gasteiger partial charge in [-0.2, -0.15) is 0 Å². The first-order valence-electron chi connectivity index (χ1n) is 9.16. The number of aromatic nitrogens is 3. The summed E-state index contributed by atoms with van der Waals surface area (Å²) in [6.07, 6.45) is 0. The maximum Gasteiger partial charge on any atom is 0.237 e. The van der Waals surface area contributed by atoms with Crippen molar-refractivity contribution in [3.63, 3.8) is 0 Å². The van der Waals surface area contributed by atoms with Gasteiger partial charge in [-0.1, -0.05) is 47.7 Å². The summed E-state index contributed by atoms with van der Waals surface area (Å²) in [7, 11) is 1.92. The van der Waals surface area contributed by atoms with E-state index in [0.29, 0.717) is 11.7 Å². The van der Waals surface area contributed by atoms with E-state index < -0.39 is 0 Å². The van der Waals surface area contributed by atoms with Gasteiger partial charge in [-0.25, -0.2) is 0 Å². The molecule has 2 N–H and O–H groups in total. The van der Waals surface area contributed by atoms with Crippen LogP contribution in [-0.2, 0) is 18.4 Å². The van der Waals surface area contributed by atoms with E-state index in [-0.39, 0.29) is 11.2 Å². The molecular formula is C21H25N5OS. The topological polar surface area (TPSA) is 71.8 Å². The number of nitrogens with one attached hydrogen (secondary N) is 2. The number of aryl methyl sites for hydroxylation is 2. The Balaban J connectivity index is 1.59. The number of benzene rings is 2. The first kappa shape index (κ1) is 19.9. The van der Waals surface area contributed by atoms with Crippen molar-refractivity contribution < 1.29 is 4.79 Å². The van der Waals surface area contributed by atoms with E-state index in [1.165, 1.54) is 17.3 Å². The maximum atomic E-state index is 12.5. The Morgan fingerprint density at radius 1 is 1.11 bits per heavy atom. The molecule has 2 aromatic carbocycles. The van der Waals surface area contributed by atoms with Crippen molar-refractivity contribution in [3.05, 3.63) is 65.5 Å². The van der Waals surface area contributed by atoms with Gasteiger partial charge < -0.3 is 15.2 Å². The molecule has 0 saturated carbocycles. The predicted molar refractivity (Wildman–Crippen MR) is 115 cm³/mol. The highest BCUT2D eigenvalue weighted by molar-refractivity contribution is 8.00. The molecule has 146 valence electrons. The standard InChI is InChI=1S/C21H25N5OS/c1-14-9-11-17(12-10-14)22-13-19-24-25-21(26(19)4)28-16(3)20(27)23-18-8-6-5-7-15(18)2/h5-12,16,22H,13H2,1-4H3,(H,23,27)/t16-/m1/s1. The highest BCUT2D eigenvalue weighted by atomic mass is 32.2. The first-order chi connectivity index (χ1) is 13.4. The third-order valence-corrected chi connectivity index (χ3v) is 5.62. The van der Waals surface area contributed by atoms with E-state index >= 15 is 0 Å². The molecule has 0 aliphatic heterocycles. The molecule has 3 rings (SSSR count). The number of hydrogen-bond donors (Lipinski definition) is 2. The Kier molecular flexibility index (Phi) is 6.36. The quantitative estimate of drug-likeness (QED) is 0.588. The summed E-state index contributed by atoms with van der Waals surface area (Å²) in [6, 6.07) is 16.0. The van der Waals surface area contributed by atoms with Crippen LogP contribution in [0.4, 0.5) is 11.4 Å². The fraction of sp³-hybridized carbons (Fsp3) is 0.286. The van der Waals surface area contributed by atoms with Crippen molar-refractivity contribution in [1.29, 1.82) is 0 Å². The van der Waals surface area contributed by atoms with Gasteiger partial charge in [0.1, 0.15) is 0 Å². The molecule has 0 radical (unpaired) electrons. The van der Waals surface area contributed by atoms with Crippen LogP contribution < -0.4 is 10.6 Å². The van der Waals surface area contributed by atoms with Crippen LogP contribution in [0.15, 0.2) is 53.7 Å². The van der Waals surface area contributed by atoms with Crippen molar-refractivity contribution >= 4 is 29.0 Å². The van der Waals surface area contributed by atoms with Crippen molar-refractivity contribution in [2.45, 2.75) is 37.7 Å². The lowest BCUT2D eigenvalue weighted by atomic mass is 10.2. The fourth-order valence-electron chi connectivity index (χ4n) is 2.61. The number of thioether (sulfide) groups is 1. The molecule has 1 atom stereocenters. The van der Waals surface area contributed by atoms with Crippen LogP contribution in [0.3, 0.4) is 0 Å². The normalized spacial score (nSPS) is 11.9. The molecule has 1 amide bonds. The van der Waals surface area contributed by atoms with Crippen LogP contribution in [-0.4, -0.2) is 25.9 Å². The number of nitrogens with zero attached hydrogens (tertiary/aromatic N) is 3. The minimum absolute atomic E-state index is 0.0540. The molecule has 7 heteroatoms. The molecule has 3 aromatic rings. The van der Waals surface area contributed by atoms with Gasteiger partial charge in [-0.05, 0) is 44.5 Å². The Hall–Kier alpha value is -2.80. The SMILES string of the molecule is Cc1ccc(NCc2nnc(S[C@H](C)C(=O)Nc3ccccc3C)n2C)cc1. The second-order valence-electron chi connectivity index (χ2n) is 6.74. The molecule has 1 aromatic heterocycles. The van der Waals surface area contributed by atoms with Gasteiger partial charge in [-0.3, -0.25) is 4.79 Å². The highest BCUT2D eigenvalue weighted by Crippen LogP contribution is 2.23. The maximum absolute atomic E-state index is 12.5. The van der Waals surface area contributed by atoms with Gasteiger partial charge in [0.25, 0.3) is 0 Å². The van der Waals surface area contributed by atoms with E-state index in [1.807, 2.05) is 61.9 Å². The molecule has 0 unspecified atom stereocenters. The highest BCUT2D eigenvalue weighted by Gasteiger charge is 2.19. The Morgan fingerprint density at radius 2 is 1.82 bits per heavy atom. The van der Waals surface area contributed by atoms with Crippen molar-refractivity contribution in [1.82, 2.24) is 14.8 Å². The zero-order chi connectivity index (χ0) is 20.1. The number of para-hydroxylation sites is 1. The molecule has 0 aliphatic rings. The Morgan fingerprint density at radius 3 is 2.54 bits per heavy atom. The monoisotopic (exact) mass is 395 g/mol. The Labute approximate surface area is 169 Å². The van der Waals surface area contributed by atoms with Gasteiger partial charge in [-0.15, -0.1) is 10.2 Å². The van der Waals surface area contributed by atoms with Gasteiger partial charge in [0.05, 0.1) is 11.8 Å². The van der Waals surface area contributed by atoms with Crippen molar-refractivity contribution in [2.75, 3.05) is 10.6 Å². The van der Waals surface area contributed by atoms with Crippen LogP contribution in [0, 0.1) is 13.8 Å². The van der Waals surface area contributed by atoms with Crippen LogP contribution in [0.2, 0.25) is 0 Å². The van der Waals surface area contributed by atoms with Crippen LogP contribution in [0.5, 0.6) is 0 Å². The molecule has 1 heterocycles. The lowest BCUT2D eigenvalue weighted by Crippen LogP contribution is -2.23. The van der Waals surface area contributed by atoms with Crippen molar-refractivity contribution in [3.8, 4) is 0 Å².